The highest BCUT2D eigenvalue weighted by Crippen LogP contribution is 2.25. The van der Waals surface area contributed by atoms with Gasteiger partial charge in [-0.1, -0.05) is 70.2 Å². The van der Waals surface area contributed by atoms with Crippen LogP contribution >= 0.6 is 27.7 Å². The summed E-state index contributed by atoms with van der Waals surface area (Å²) in [5.41, 5.74) is 6.46. The number of hydrogen-bond donors (Lipinski definition) is 1. The van der Waals surface area contributed by atoms with Gasteiger partial charge in [-0.2, -0.15) is 5.10 Å². The lowest BCUT2D eigenvalue weighted by molar-refractivity contribution is -0.118. The maximum atomic E-state index is 12.4. The van der Waals surface area contributed by atoms with Gasteiger partial charge in [0.25, 0.3) is 5.91 Å². The highest BCUT2D eigenvalue weighted by molar-refractivity contribution is 9.10. The number of nitrogens with one attached hydrogen (secondary N) is 1. The number of hydrazone groups is 1. The molecule has 0 unspecified atom stereocenters. The minimum absolute atomic E-state index is 0.199. The van der Waals surface area contributed by atoms with Crippen LogP contribution in [-0.2, 0) is 11.3 Å². The van der Waals surface area contributed by atoms with Crippen molar-refractivity contribution < 1.29 is 9.53 Å². The number of benzene rings is 3. The first-order chi connectivity index (χ1) is 15.6. The zero-order chi connectivity index (χ0) is 22.3. The molecule has 162 valence electrons. The molecule has 0 saturated carbocycles. The Bertz CT molecular complexity index is 1260. The number of carbonyl (C=O) groups is 1. The molecule has 4 rings (SSSR count). The van der Waals surface area contributed by atoms with Crippen LogP contribution in [0.15, 0.2) is 87.5 Å². The van der Waals surface area contributed by atoms with Gasteiger partial charge in [0.2, 0.25) is 0 Å². The molecule has 0 aliphatic carbocycles. The van der Waals surface area contributed by atoms with Gasteiger partial charge in [0.15, 0.2) is 5.16 Å². The Morgan fingerprint density at radius 2 is 1.94 bits per heavy atom. The van der Waals surface area contributed by atoms with Crippen molar-refractivity contribution in [3.8, 4) is 5.75 Å². The van der Waals surface area contributed by atoms with E-state index in [1.807, 2.05) is 60.7 Å². The van der Waals surface area contributed by atoms with Crippen molar-refractivity contribution in [2.45, 2.75) is 11.7 Å². The summed E-state index contributed by atoms with van der Waals surface area (Å²) in [6, 6.07) is 23.8. The van der Waals surface area contributed by atoms with Crippen LogP contribution in [0, 0.1) is 0 Å². The van der Waals surface area contributed by atoms with Crippen molar-refractivity contribution in [3.05, 3.63) is 88.4 Å². The number of para-hydroxylation sites is 2. The Balaban J connectivity index is 1.44. The molecule has 3 aromatic carbocycles. The largest absolute Gasteiger partial charge is 0.496 e. The van der Waals surface area contributed by atoms with Crippen molar-refractivity contribution in [3.63, 3.8) is 0 Å². The van der Waals surface area contributed by atoms with E-state index >= 15 is 0 Å². The minimum atomic E-state index is -0.210. The Morgan fingerprint density at radius 3 is 2.75 bits per heavy atom. The summed E-state index contributed by atoms with van der Waals surface area (Å²) in [5, 5.41) is 4.86. The van der Waals surface area contributed by atoms with Gasteiger partial charge in [0, 0.05) is 10.0 Å². The number of imidazole rings is 1. The predicted octanol–water partition coefficient (Wildman–Crippen LogP) is 5.10. The summed E-state index contributed by atoms with van der Waals surface area (Å²) in [6.07, 6.45) is 1.57. The number of nitrogens with zero attached hydrogens (tertiary/aromatic N) is 3. The Kier molecular flexibility index (Phi) is 7.24. The second-order valence-corrected chi connectivity index (χ2v) is 8.78. The zero-order valence-electron chi connectivity index (χ0n) is 17.4. The molecule has 1 aromatic heterocycles. The summed E-state index contributed by atoms with van der Waals surface area (Å²) in [6.45, 7) is 0.687. The number of carbonyl (C=O) groups excluding carboxylic acids is 1. The van der Waals surface area contributed by atoms with Gasteiger partial charge in [0.1, 0.15) is 5.75 Å². The molecular weight excluding hydrogens is 488 g/mol. The third-order valence-corrected chi connectivity index (χ3v) is 6.19. The highest BCUT2D eigenvalue weighted by atomic mass is 79.9. The van der Waals surface area contributed by atoms with Gasteiger partial charge in [-0.3, -0.25) is 4.79 Å². The second kappa shape index (κ2) is 10.5. The summed E-state index contributed by atoms with van der Waals surface area (Å²) >= 11 is 4.81. The molecule has 4 aromatic rings. The summed E-state index contributed by atoms with van der Waals surface area (Å²) in [7, 11) is 1.59. The molecule has 0 atom stereocenters. The maximum absolute atomic E-state index is 12.4. The molecule has 0 bridgehead atoms. The lowest BCUT2D eigenvalue weighted by Crippen LogP contribution is -2.20. The molecule has 0 fully saturated rings. The number of methoxy groups -OCH3 is 1. The van der Waals surface area contributed by atoms with Gasteiger partial charge in [-0.05, 0) is 35.9 Å². The molecule has 0 aliphatic heterocycles. The molecule has 0 saturated heterocycles. The smallest absolute Gasteiger partial charge is 0.250 e. The maximum Gasteiger partial charge on any atom is 0.250 e. The van der Waals surface area contributed by atoms with Crippen LogP contribution in [0.4, 0.5) is 0 Å². The first-order valence-corrected chi connectivity index (χ1v) is 11.7. The van der Waals surface area contributed by atoms with Crippen molar-refractivity contribution in [1.82, 2.24) is 15.0 Å². The Morgan fingerprint density at radius 1 is 1.16 bits per heavy atom. The number of fused-ring (bicyclic) bond motifs is 1. The minimum Gasteiger partial charge on any atom is -0.496 e. The summed E-state index contributed by atoms with van der Waals surface area (Å²) in [4.78, 5) is 17.1. The van der Waals surface area contributed by atoms with Gasteiger partial charge in [0.05, 0.1) is 36.7 Å². The lowest BCUT2D eigenvalue weighted by Gasteiger charge is -2.09. The van der Waals surface area contributed by atoms with Crippen LogP contribution in [0.1, 0.15) is 11.1 Å². The van der Waals surface area contributed by atoms with Gasteiger partial charge < -0.3 is 9.30 Å². The third kappa shape index (κ3) is 5.38. The number of thioether (sulfide) groups is 1. The Labute approximate surface area is 198 Å². The van der Waals surface area contributed by atoms with E-state index in [2.05, 4.69) is 43.2 Å². The quantitative estimate of drug-likeness (QED) is 0.204. The summed E-state index contributed by atoms with van der Waals surface area (Å²) in [5.74, 6) is 0.666. The second-order valence-electron chi connectivity index (χ2n) is 6.92. The first-order valence-electron chi connectivity index (χ1n) is 9.91. The number of amides is 1. The van der Waals surface area contributed by atoms with Crippen LogP contribution < -0.4 is 10.2 Å². The summed E-state index contributed by atoms with van der Waals surface area (Å²) < 4.78 is 8.35. The van der Waals surface area contributed by atoms with Gasteiger partial charge in [-0.15, -0.1) is 0 Å². The van der Waals surface area contributed by atoms with E-state index in [-0.39, 0.29) is 11.7 Å². The van der Waals surface area contributed by atoms with Gasteiger partial charge >= 0.3 is 0 Å². The van der Waals surface area contributed by atoms with E-state index in [4.69, 9.17) is 9.72 Å². The van der Waals surface area contributed by atoms with Crippen LogP contribution in [0.25, 0.3) is 11.0 Å². The van der Waals surface area contributed by atoms with E-state index in [0.29, 0.717) is 12.3 Å². The fourth-order valence-corrected chi connectivity index (χ4v) is 4.41. The molecule has 1 N–H and O–H groups in total. The monoisotopic (exact) mass is 508 g/mol. The molecule has 1 amide bonds. The number of rotatable bonds is 8. The molecule has 32 heavy (non-hydrogen) atoms. The normalized spacial score (nSPS) is 11.2. The van der Waals surface area contributed by atoms with Crippen LogP contribution in [0.5, 0.6) is 5.75 Å². The van der Waals surface area contributed by atoms with Crippen LogP contribution in [0.3, 0.4) is 0 Å². The molecule has 0 spiro atoms. The van der Waals surface area contributed by atoms with Crippen molar-refractivity contribution >= 4 is 50.8 Å². The van der Waals surface area contributed by atoms with E-state index in [9.17, 15) is 4.79 Å². The highest BCUT2D eigenvalue weighted by Gasteiger charge is 2.13. The molecule has 6 nitrogen and oxygen atoms in total. The van der Waals surface area contributed by atoms with E-state index in [1.54, 1.807) is 13.3 Å². The molecule has 1 heterocycles. The average Bonchev–Trinajstić information content (AvgIpc) is 3.16. The van der Waals surface area contributed by atoms with Crippen molar-refractivity contribution in [2.75, 3.05) is 12.9 Å². The first kappa shape index (κ1) is 22.1. The van der Waals surface area contributed by atoms with Crippen LogP contribution in [-0.4, -0.2) is 34.5 Å². The molecular formula is C24H21BrN4O2S. The fourth-order valence-electron chi connectivity index (χ4n) is 3.22. The predicted molar refractivity (Wildman–Crippen MR) is 132 cm³/mol. The molecule has 8 heteroatoms. The topological polar surface area (TPSA) is 68.5 Å². The van der Waals surface area contributed by atoms with E-state index in [0.717, 1.165) is 26.2 Å². The zero-order valence-corrected chi connectivity index (χ0v) is 19.8. The van der Waals surface area contributed by atoms with Crippen molar-refractivity contribution in [1.29, 1.82) is 0 Å². The average molecular weight is 509 g/mol. The number of hydrogen-bond acceptors (Lipinski definition) is 5. The third-order valence-electron chi connectivity index (χ3n) is 4.72. The number of halogens is 1. The Hall–Kier alpha value is -3.10. The van der Waals surface area contributed by atoms with Crippen molar-refractivity contribution in [2.24, 2.45) is 5.10 Å². The standard InChI is InChI=1S/C24H21BrN4O2S/c1-31-22-12-11-19(25)13-18(22)14-26-28-23(30)16-32-24-27-20-9-5-6-10-21(20)29(24)15-17-7-3-2-4-8-17/h2-14H,15-16H2,1H3,(H,28,30)/b26-14+. The van der Waals surface area contributed by atoms with Gasteiger partial charge in [-0.25, -0.2) is 10.4 Å². The fraction of sp³-hybridized carbons (Fsp3) is 0.125. The number of ether oxygens (including phenoxy) is 1. The lowest BCUT2D eigenvalue weighted by atomic mass is 10.2. The van der Waals surface area contributed by atoms with Crippen LogP contribution in [0.2, 0.25) is 0 Å². The van der Waals surface area contributed by atoms with E-state index in [1.165, 1.54) is 17.3 Å². The SMILES string of the molecule is COc1ccc(Br)cc1/C=N/NC(=O)CSc1nc2ccccc2n1Cc1ccccc1. The molecule has 0 radical (unpaired) electrons. The molecule has 0 aliphatic rings. The number of aromatic nitrogens is 2. The van der Waals surface area contributed by atoms with E-state index < -0.39 is 0 Å².